The Morgan fingerprint density at radius 3 is 1.97 bits per heavy atom. The van der Waals surface area contributed by atoms with Crippen molar-refractivity contribution in [3.8, 4) is 11.1 Å². The lowest BCUT2D eigenvalue weighted by molar-refractivity contribution is 0.102. The van der Waals surface area contributed by atoms with Crippen LogP contribution in [0.5, 0.6) is 0 Å². The van der Waals surface area contributed by atoms with Crippen LogP contribution < -0.4 is 10.6 Å². The van der Waals surface area contributed by atoms with Gasteiger partial charge in [0.2, 0.25) is 0 Å². The quantitative estimate of drug-likeness (QED) is 0.381. The number of hydrogen-bond acceptors (Lipinski definition) is 3. The maximum atomic E-state index is 13.3. The minimum atomic E-state index is -0.261. The summed E-state index contributed by atoms with van der Waals surface area (Å²) in [6.45, 7) is 3.97. The summed E-state index contributed by atoms with van der Waals surface area (Å²) in [5.74, 6) is -0.506. The van der Waals surface area contributed by atoms with E-state index < -0.39 is 0 Å². The van der Waals surface area contributed by atoms with Crippen LogP contribution in [0.4, 0.5) is 10.7 Å². The largest absolute Gasteiger partial charge is 0.322 e. The van der Waals surface area contributed by atoms with Gasteiger partial charge in [-0.25, -0.2) is 0 Å². The molecule has 4 rings (SSSR count). The van der Waals surface area contributed by atoms with Crippen LogP contribution in [0.3, 0.4) is 0 Å². The molecule has 0 saturated heterocycles. The highest BCUT2D eigenvalue weighted by atomic mass is 32.1. The average molecular weight is 427 g/mol. The van der Waals surface area contributed by atoms with Crippen molar-refractivity contribution in [1.29, 1.82) is 0 Å². The molecule has 0 bridgehead atoms. The monoisotopic (exact) mass is 426 g/mol. The molecule has 0 radical (unpaired) electrons. The van der Waals surface area contributed by atoms with Crippen LogP contribution in [-0.4, -0.2) is 11.8 Å². The summed E-state index contributed by atoms with van der Waals surface area (Å²) in [5, 5.41) is 8.32. The van der Waals surface area contributed by atoms with Crippen molar-refractivity contribution in [3.05, 3.63) is 106 Å². The van der Waals surface area contributed by atoms with E-state index in [9.17, 15) is 9.59 Å². The topological polar surface area (TPSA) is 58.2 Å². The van der Waals surface area contributed by atoms with E-state index >= 15 is 0 Å². The zero-order chi connectivity index (χ0) is 21.8. The van der Waals surface area contributed by atoms with Crippen molar-refractivity contribution in [2.75, 3.05) is 10.6 Å². The molecule has 0 fully saturated rings. The number of benzene rings is 3. The third-order valence-corrected chi connectivity index (χ3v) is 5.85. The van der Waals surface area contributed by atoms with Gasteiger partial charge >= 0.3 is 0 Å². The third kappa shape index (κ3) is 4.73. The van der Waals surface area contributed by atoms with E-state index in [1.165, 1.54) is 11.3 Å². The van der Waals surface area contributed by atoms with Gasteiger partial charge < -0.3 is 10.6 Å². The van der Waals surface area contributed by atoms with Crippen LogP contribution in [0.2, 0.25) is 0 Å². The molecule has 0 atom stereocenters. The Hall–Kier alpha value is -3.70. The Morgan fingerprint density at radius 1 is 0.710 bits per heavy atom. The molecule has 4 nitrogen and oxygen atoms in total. The second-order valence-corrected chi connectivity index (χ2v) is 8.24. The van der Waals surface area contributed by atoms with E-state index in [1.54, 1.807) is 12.1 Å². The fourth-order valence-corrected chi connectivity index (χ4v) is 4.18. The summed E-state index contributed by atoms with van der Waals surface area (Å²) in [6.07, 6.45) is 0. The number of carbonyl (C=O) groups excluding carboxylic acids is 2. The van der Waals surface area contributed by atoms with Gasteiger partial charge in [0.05, 0.1) is 5.56 Å². The van der Waals surface area contributed by atoms with Gasteiger partial charge in [0.1, 0.15) is 5.00 Å². The molecule has 0 saturated carbocycles. The number of rotatable bonds is 5. The zero-order valence-corrected chi connectivity index (χ0v) is 18.1. The Bertz CT molecular complexity index is 1210. The standard InChI is InChI=1S/C26H22N2O2S/c1-17-8-12-20(13-9-17)24(29)28-26-23(22(16-31-26)19-6-4-3-5-7-19)25(30)27-21-14-10-18(2)11-15-21/h3-16H,1-2H3,(H,27,30)(H,28,29). The lowest BCUT2D eigenvalue weighted by Gasteiger charge is -2.11. The highest BCUT2D eigenvalue weighted by Gasteiger charge is 2.22. The number of anilines is 2. The molecule has 0 unspecified atom stereocenters. The van der Waals surface area contributed by atoms with E-state index in [0.717, 1.165) is 22.3 Å². The summed E-state index contributed by atoms with van der Waals surface area (Å²) in [5.41, 5.74) is 5.61. The Morgan fingerprint density at radius 2 is 1.32 bits per heavy atom. The molecule has 2 N–H and O–H groups in total. The first-order chi connectivity index (χ1) is 15.0. The summed E-state index contributed by atoms with van der Waals surface area (Å²) < 4.78 is 0. The van der Waals surface area contributed by atoms with Crippen molar-refractivity contribution >= 4 is 33.8 Å². The maximum Gasteiger partial charge on any atom is 0.259 e. The summed E-state index contributed by atoms with van der Waals surface area (Å²) in [4.78, 5) is 26.1. The van der Waals surface area contributed by atoms with Crippen LogP contribution in [0.15, 0.2) is 84.2 Å². The lowest BCUT2D eigenvalue weighted by atomic mass is 10.0. The number of amides is 2. The Labute approximate surface area is 185 Å². The van der Waals surface area contributed by atoms with E-state index in [4.69, 9.17) is 0 Å². The first kappa shape index (κ1) is 20.6. The normalized spacial score (nSPS) is 10.5. The first-order valence-electron chi connectivity index (χ1n) is 9.94. The van der Waals surface area contributed by atoms with E-state index in [1.807, 2.05) is 86.0 Å². The summed E-state index contributed by atoms with van der Waals surface area (Å²) in [7, 11) is 0. The van der Waals surface area contributed by atoms with Gasteiger partial charge in [0, 0.05) is 22.2 Å². The van der Waals surface area contributed by atoms with Crippen molar-refractivity contribution in [2.45, 2.75) is 13.8 Å². The van der Waals surface area contributed by atoms with Crippen LogP contribution in [0.25, 0.3) is 11.1 Å². The molecule has 0 aliphatic rings. The van der Waals surface area contributed by atoms with E-state index in [2.05, 4.69) is 10.6 Å². The van der Waals surface area contributed by atoms with Crippen molar-refractivity contribution in [1.82, 2.24) is 0 Å². The zero-order valence-electron chi connectivity index (χ0n) is 17.3. The predicted molar refractivity (Wildman–Crippen MR) is 128 cm³/mol. The fourth-order valence-electron chi connectivity index (χ4n) is 3.22. The highest BCUT2D eigenvalue weighted by Crippen LogP contribution is 2.36. The molecule has 0 spiro atoms. The molecule has 31 heavy (non-hydrogen) atoms. The van der Waals surface area contributed by atoms with Crippen molar-refractivity contribution < 1.29 is 9.59 Å². The smallest absolute Gasteiger partial charge is 0.259 e. The SMILES string of the molecule is Cc1ccc(NC(=O)c2c(-c3ccccc3)csc2NC(=O)c2ccc(C)cc2)cc1. The van der Waals surface area contributed by atoms with Gasteiger partial charge in [-0.15, -0.1) is 11.3 Å². The molecule has 0 aliphatic carbocycles. The molecule has 154 valence electrons. The molecule has 3 aromatic carbocycles. The van der Waals surface area contributed by atoms with E-state index in [0.29, 0.717) is 21.8 Å². The molecule has 1 aromatic heterocycles. The highest BCUT2D eigenvalue weighted by molar-refractivity contribution is 7.15. The maximum absolute atomic E-state index is 13.3. The van der Waals surface area contributed by atoms with Gasteiger partial charge in [-0.05, 0) is 43.7 Å². The second-order valence-electron chi connectivity index (χ2n) is 7.36. The number of aryl methyl sites for hydroxylation is 2. The van der Waals surface area contributed by atoms with Crippen LogP contribution in [0, 0.1) is 13.8 Å². The number of hydrogen-bond donors (Lipinski definition) is 2. The molecular weight excluding hydrogens is 404 g/mol. The van der Waals surface area contributed by atoms with Crippen LogP contribution >= 0.6 is 11.3 Å². The van der Waals surface area contributed by atoms with Crippen LogP contribution in [-0.2, 0) is 0 Å². The third-order valence-electron chi connectivity index (χ3n) is 4.95. The van der Waals surface area contributed by atoms with Gasteiger partial charge in [-0.3, -0.25) is 9.59 Å². The Balaban J connectivity index is 1.69. The summed E-state index contributed by atoms with van der Waals surface area (Å²) in [6, 6.07) is 24.7. The predicted octanol–water partition coefficient (Wildman–Crippen LogP) is 6.54. The Kier molecular flexibility index (Phi) is 5.96. The molecular formula is C26H22N2O2S. The lowest BCUT2D eigenvalue weighted by Crippen LogP contribution is -2.17. The summed E-state index contributed by atoms with van der Waals surface area (Å²) >= 11 is 1.35. The average Bonchev–Trinajstić information content (AvgIpc) is 3.20. The van der Waals surface area contributed by atoms with Gasteiger partial charge in [-0.1, -0.05) is 65.7 Å². The molecule has 5 heteroatoms. The number of thiophene rings is 1. The number of nitrogens with one attached hydrogen (secondary N) is 2. The fraction of sp³-hybridized carbons (Fsp3) is 0.0769. The molecule has 1 heterocycles. The number of carbonyl (C=O) groups is 2. The van der Waals surface area contributed by atoms with Gasteiger partial charge in [-0.2, -0.15) is 0 Å². The van der Waals surface area contributed by atoms with Crippen LogP contribution in [0.1, 0.15) is 31.8 Å². The molecule has 0 aliphatic heterocycles. The minimum Gasteiger partial charge on any atom is -0.322 e. The van der Waals surface area contributed by atoms with Crippen molar-refractivity contribution in [2.24, 2.45) is 0 Å². The second kappa shape index (κ2) is 8.98. The van der Waals surface area contributed by atoms with E-state index in [-0.39, 0.29) is 11.8 Å². The molecule has 4 aromatic rings. The molecule has 2 amide bonds. The first-order valence-corrected chi connectivity index (χ1v) is 10.8. The van der Waals surface area contributed by atoms with Gasteiger partial charge in [0.15, 0.2) is 0 Å². The minimum absolute atomic E-state index is 0.245. The van der Waals surface area contributed by atoms with Crippen molar-refractivity contribution in [3.63, 3.8) is 0 Å². The van der Waals surface area contributed by atoms with Gasteiger partial charge in [0.25, 0.3) is 11.8 Å².